The standard InChI is InChI=1S/C19H21ClN4O4S/c1-29(27,28)24-6-5-19(12-24)8-16-22-18(26)15(10-23(16)11-19)17(25)21-9-13-3-2-4-14(20)7-13/h2-4,7,10H,5-6,8-9,11-12H2,1H3,(H,21,25)/t19-/m0/s1. The van der Waals surface area contributed by atoms with E-state index in [0.29, 0.717) is 43.3 Å². The quantitative estimate of drug-likeness (QED) is 0.771. The van der Waals surface area contributed by atoms with Crippen molar-refractivity contribution in [3.05, 3.63) is 62.8 Å². The minimum atomic E-state index is -3.25. The molecule has 10 heteroatoms. The molecule has 0 radical (unpaired) electrons. The molecular weight excluding hydrogens is 416 g/mol. The highest BCUT2D eigenvalue weighted by Gasteiger charge is 2.46. The highest BCUT2D eigenvalue weighted by Crippen LogP contribution is 2.40. The Morgan fingerprint density at radius 2 is 2.14 bits per heavy atom. The molecule has 0 saturated carbocycles. The van der Waals surface area contributed by atoms with Crippen LogP contribution in [-0.2, 0) is 29.5 Å². The van der Waals surface area contributed by atoms with E-state index in [2.05, 4.69) is 10.3 Å². The first-order chi connectivity index (χ1) is 13.7. The fraction of sp³-hybridized carbons (Fsp3) is 0.421. The number of rotatable bonds is 4. The van der Waals surface area contributed by atoms with Crippen molar-refractivity contribution in [1.82, 2.24) is 19.2 Å². The molecular formula is C19H21ClN4O4S. The van der Waals surface area contributed by atoms with Gasteiger partial charge in [0.05, 0.1) is 6.26 Å². The van der Waals surface area contributed by atoms with Crippen LogP contribution in [0.3, 0.4) is 0 Å². The second-order valence-electron chi connectivity index (χ2n) is 7.84. The Hall–Kier alpha value is -2.23. The summed E-state index contributed by atoms with van der Waals surface area (Å²) in [6.07, 6.45) is 3.97. The van der Waals surface area contributed by atoms with Gasteiger partial charge in [0, 0.05) is 49.2 Å². The second kappa shape index (κ2) is 7.23. The van der Waals surface area contributed by atoms with Crippen molar-refractivity contribution in [3.63, 3.8) is 0 Å². The summed E-state index contributed by atoms with van der Waals surface area (Å²) in [6, 6.07) is 7.11. The van der Waals surface area contributed by atoms with E-state index in [1.54, 1.807) is 18.2 Å². The lowest BCUT2D eigenvalue weighted by atomic mass is 9.86. The average Bonchev–Trinajstić information content (AvgIpc) is 3.21. The molecule has 2 aromatic rings. The monoisotopic (exact) mass is 436 g/mol. The molecule has 1 atom stereocenters. The number of amides is 1. The maximum absolute atomic E-state index is 12.5. The lowest BCUT2D eigenvalue weighted by Crippen LogP contribution is -2.32. The van der Waals surface area contributed by atoms with Gasteiger partial charge in [-0.3, -0.25) is 9.59 Å². The van der Waals surface area contributed by atoms with Gasteiger partial charge in [0.1, 0.15) is 11.4 Å². The van der Waals surface area contributed by atoms with Crippen LogP contribution in [0.5, 0.6) is 0 Å². The summed E-state index contributed by atoms with van der Waals surface area (Å²) in [7, 11) is -3.25. The fourth-order valence-corrected chi connectivity index (χ4v) is 5.23. The largest absolute Gasteiger partial charge is 0.348 e. The van der Waals surface area contributed by atoms with Gasteiger partial charge in [0.2, 0.25) is 10.0 Å². The van der Waals surface area contributed by atoms with E-state index in [9.17, 15) is 18.0 Å². The maximum atomic E-state index is 12.5. The van der Waals surface area contributed by atoms with Crippen LogP contribution in [0.1, 0.15) is 28.2 Å². The minimum absolute atomic E-state index is 0.0224. The summed E-state index contributed by atoms with van der Waals surface area (Å²) < 4.78 is 27.0. The first-order valence-electron chi connectivity index (χ1n) is 9.23. The number of fused-ring (bicyclic) bond motifs is 1. The third kappa shape index (κ3) is 4.08. The second-order valence-corrected chi connectivity index (χ2v) is 10.3. The predicted molar refractivity (Wildman–Crippen MR) is 108 cm³/mol. The summed E-state index contributed by atoms with van der Waals surface area (Å²) in [5, 5.41) is 3.29. The zero-order chi connectivity index (χ0) is 20.8. The Bertz CT molecular complexity index is 1150. The van der Waals surface area contributed by atoms with E-state index in [1.807, 2.05) is 10.6 Å². The van der Waals surface area contributed by atoms with E-state index < -0.39 is 21.5 Å². The van der Waals surface area contributed by atoms with Crippen LogP contribution >= 0.6 is 11.6 Å². The Labute approximate surface area is 173 Å². The van der Waals surface area contributed by atoms with Gasteiger partial charge in [-0.15, -0.1) is 0 Å². The van der Waals surface area contributed by atoms with Crippen LogP contribution in [0.25, 0.3) is 0 Å². The molecule has 1 aromatic heterocycles. The van der Waals surface area contributed by atoms with Crippen molar-refractivity contribution >= 4 is 27.5 Å². The summed E-state index contributed by atoms with van der Waals surface area (Å²) in [5.41, 5.74) is -0.0442. The van der Waals surface area contributed by atoms with Crippen LogP contribution in [-0.4, -0.2) is 47.5 Å². The van der Waals surface area contributed by atoms with E-state index in [4.69, 9.17) is 11.6 Å². The Kier molecular flexibility index (Phi) is 5.00. The number of hydrogen-bond donors (Lipinski definition) is 1. The number of aromatic nitrogens is 2. The lowest BCUT2D eigenvalue weighted by molar-refractivity contribution is 0.0948. The first kappa shape index (κ1) is 20.1. The first-order valence-corrected chi connectivity index (χ1v) is 11.5. The number of carbonyl (C=O) groups excluding carboxylic acids is 1. The van der Waals surface area contributed by atoms with Gasteiger partial charge < -0.3 is 9.88 Å². The van der Waals surface area contributed by atoms with Crippen LogP contribution in [0.15, 0.2) is 35.3 Å². The molecule has 0 bridgehead atoms. The smallest absolute Gasteiger partial charge is 0.285 e. The van der Waals surface area contributed by atoms with Gasteiger partial charge in [0.15, 0.2) is 0 Å². The highest BCUT2D eigenvalue weighted by molar-refractivity contribution is 7.88. The summed E-state index contributed by atoms with van der Waals surface area (Å²) in [4.78, 5) is 29.0. The number of halogens is 1. The van der Waals surface area contributed by atoms with Crippen LogP contribution in [0.4, 0.5) is 0 Å². The lowest BCUT2D eigenvalue weighted by Gasteiger charge is -2.21. The van der Waals surface area contributed by atoms with E-state index in [-0.39, 0.29) is 17.5 Å². The van der Waals surface area contributed by atoms with Gasteiger partial charge in [0.25, 0.3) is 11.5 Å². The van der Waals surface area contributed by atoms with Crippen molar-refractivity contribution in [2.45, 2.75) is 25.9 Å². The van der Waals surface area contributed by atoms with Crippen LogP contribution in [0.2, 0.25) is 5.02 Å². The van der Waals surface area contributed by atoms with Gasteiger partial charge in [-0.25, -0.2) is 12.7 Å². The minimum Gasteiger partial charge on any atom is -0.348 e. The van der Waals surface area contributed by atoms with Crippen LogP contribution < -0.4 is 10.9 Å². The number of sulfonamides is 1. The zero-order valence-electron chi connectivity index (χ0n) is 15.9. The molecule has 1 fully saturated rings. The van der Waals surface area contributed by atoms with E-state index in [1.165, 1.54) is 16.8 Å². The maximum Gasteiger partial charge on any atom is 0.285 e. The Morgan fingerprint density at radius 1 is 1.34 bits per heavy atom. The van der Waals surface area contributed by atoms with Crippen molar-refractivity contribution in [1.29, 1.82) is 0 Å². The molecule has 1 N–H and O–H groups in total. The molecule has 1 saturated heterocycles. The summed E-state index contributed by atoms with van der Waals surface area (Å²) in [6.45, 7) is 1.65. The van der Waals surface area contributed by atoms with E-state index >= 15 is 0 Å². The highest BCUT2D eigenvalue weighted by atomic mass is 35.5. The summed E-state index contributed by atoms with van der Waals surface area (Å²) >= 11 is 5.95. The molecule has 4 rings (SSSR count). The molecule has 3 heterocycles. The third-order valence-electron chi connectivity index (χ3n) is 5.58. The third-order valence-corrected chi connectivity index (χ3v) is 7.06. The molecule has 154 valence electrons. The molecule has 29 heavy (non-hydrogen) atoms. The predicted octanol–water partition coefficient (Wildman–Crippen LogP) is 1.03. The van der Waals surface area contributed by atoms with Crippen molar-refractivity contribution in [2.75, 3.05) is 19.3 Å². The van der Waals surface area contributed by atoms with Gasteiger partial charge >= 0.3 is 0 Å². The number of benzene rings is 1. The summed E-state index contributed by atoms with van der Waals surface area (Å²) in [5.74, 6) is 0.0969. The number of nitrogens with zero attached hydrogens (tertiary/aromatic N) is 3. The molecule has 2 aliphatic heterocycles. The van der Waals surface area contributed by atoms with E-state index in [0.717, 1.165) is 5.56 Å². The molecule has 8 nitrogen and oxygen atoms in total. The fourth-order valence-electron chi connectivity index (χ4n) is 4.09. The molecule has 0 unspecified atom stereocenters. The van der Waals surface area contributed by atoms with Crippen molar-refractivity contribution in [3.8, 4) is 0 Å². The number of nitrogens with one attached hydrogen (secondary N) is 1. The zero-order valence-corrected chi connectivity index (χ0v) is 17.5. The Balaban J connectivity index is 1.50. The topological polar surface area (TPSA) is 101 Å². The van der Waals surface area contributed by atoms with Gasteiger partial charge in [-0.05, 0) is 24.1 Å². The molecule has 1 aromatic carbocycles. The number of hydrogen-bond acceptors (Lipinski definition) is 5. The molecule has 0 aliphatic carbocycles. The average molecular weight is 437 g/mol. The van der Waals surface area contributed by atoms with Crippen molar-refractivity contribution in [2.24, 2.45) is 5.41 Å². The molecule has 1 spiro atoms. The van der Waals surface area contributed by atoms with Gasteiger partial charge in [-0.1, -0.05) is 23.7 Å². The Morgan fingerprint density at radius 3 is 2.83 bits per heavy atom. The molecule has 2 aliphatic rings. The normalized spacial score (nSPS) is 21.4. The number of carbonyl (C=O) groups is 1. The van der Waals surface area contributed by atoms with Crippen LogP contribution in [0, 0.1) is 5.41 Å². The SMILES string of the molecule is CS(=O)(=O)N1CC[C@@]2(Cc3nc(=O)c(C(=O)NCc4cccc(Cl)c4)cn3C2)C1. The van der Waals surface area contributed by atoms with Gasteiger partial charge in [-0.2, -0.15) is 4.98 Å². The molecule has 1 amide bonds. The van der Waals surface area contributed by atoms with Crippen molar-refractivity contribution < 1.29 is 13.2 Å².